The van der Waals surface area contributed by atoms with Gasteiger partial charge in [0, 0.05) is 25.0 Å². The SMILES string of the molecule is CNCC1CCC1N(C)Cc1ccncc1. The molecule has 0 radical (unpaired) electrons. The summed E-state index contributed by atoms with van der Waals surface area (Å²) >= 11 is 0. The highest BCUT2D eigenvalue weighted by Gasteiger charge is 2.32. The van der Waals surface area contributed by atoms with Gasteiger partial charge in [-0.05, 0) is 57.1 Å². The maximum Gasteiger partial charge on any atom is 0.0271 e. The quantitative estimate of drug-likeness (QED) is 0.813. The van der Waals surface area contributed by atoms with E-state index in [1.807, 2.05) is 19.4 Å². The van der Waals surface area contributed by atoms with Crippen LogP contribution in [-0.2, 0) is 6.54 Å². The predicted molar refractivity (Wildman–Crippen MR) is 66.1 cm³/mol. The Balaban J connectivity index is 1.86. The van der Waals surface area contributed by atoms with Crippen LogP contribution in [0.25, 0.3) is 0 Å². The third-order valence-corrected chi connectivity index (χ3v) is 3.59. The number of rotatable bonds is 5. The van der Waals surface area contributed by atoms with Crippen molar-refractivity contribution in [1.29, 1.82) is 0 Å². The Morgan fingerprint density at radius 3 is 2.69 bits per heavy atom. The van der Waals surface area contributed by atoms with Gasteiger partial charge in [-0.15, -0.1) is 0 Å². The fourth-order valence-electron chi connectivity index (χ4n) is 2.53. The highest BCUT2D eigenvalue weighted by molar-refractivity contribution is 5.09. The van der Waals surface area contributed by atoms with Crippen LogP contribution in [0, 0.1) is 5.92 Å². The normalized spacial score (nSPS) is 24.4. The van der Waals surface area contributed by atoms with Gasteiger partial charge in [0.05, 0.1) is 0 Å². The van der Waals surface area contributed by atoms with Crippen molar-refractivity contribution in [1.82, 2.24) is 15.2 Å². The van der Waals surface area contributed by atoms with Crippen molar-refractivity contribution >= 4 is 0 Å². The Morgan fingerprint density at radius 2 is 2.12 bits per heavy atom. The molecule has 1 aromatic heterocycles. The Hall–Kier alpha value is -0.930. The van der Waals surface area contributed by atoms with E-state index in [0.29, 0.717) is 0 Å². The second-order valence-electron chi connectivity index (χ2n) is 4.73. The van der Waals surface area contributed by atoms with Gasteiger partial charge in [0.15, 0.2) is 0 Å². The molecule has 3 heteroatoms. The maximum atomic E-state index is 4.05. The van der Waals surface area contributed by atoms with Crippen LogP contribution in [0.1, 0.15) is 18.4 Å². The second-order valence-corrected chi connectivity index (χ2v) is 4.73. The maximum absolute atomic E-state index is 4.05. The number of nitrogens with one attached hydrogen (secondary N) is 1. The van der Waals surface area contributed by atoms with Crippen molar-refractivity contribution < 1.29 is 0 Å². The van der Waals surface area contributed by atoms with Gasteiger partial charge in [-0.2, -0.15) is 0 Å². The van der Waals surface area contributed by atoms with E-state index in [1.165, 1.54) is 18.4 Å². The molecule has 0 aliphatic heterocycles. The van der Waals surface area contributed by atoms with Crippen molar-refractivity contribution in [2.45, 2.75) is 25.4 Å². The zero-order valence-electron chi connectivity index (χ0n) is 10.2. The monoisotopic (exact) mass is 219 g/mol. The third-order valence-electron chi connectivity index (χ3n) is 3.59. The molecule has 1 heterocycles. The van der Waals surface area contributed by atoms with Crippen molar-refractivity contribution in [3.63, 3.8) is 0 Å². The van der Waals surface area contributed by atoms with Gasteiger partial charge in [0.1, 0.15) is 0 Å². The van der Waals surface area contributed by atoms with Crippen molar-refractivity contribution in [2.24, 2.45) is 5.92 Å². The summed E-state index contributed by atoms with van der Waals surface area (Å²) in [6, 6.07) is 4.95. The van der Waals surface area contributed by atoms with Gasteiger partial charge >= 0.3 is 0 Å². The number of nitrogens with zero attached hydrogens (tertiary/aromatic N) is 2. The molecular weight excluding hydrogens is 198 g/mol. The Kier molecular flexibility index (Phi) is 3.91. The lowest BCUT2D eigenvalue weighted by molar-refractivity contribution is 0.0793. The van der Waals surface area contributed by atoms with Gasteiger partial charge in [0.2, 0.25) is 0 Å². The van der Waals surface area contributed by atoms with Crippen LogP contribution in [-0.4, -0.2) is 36.6 Å². The number of hydrogen-bond donors (Lipinski definition) is 1. The van der Waals surface area contributed by atoms with E-state index in [9.17, 15) is 0 Å². The molecule has 1 fully saturated rings. The minimum absolute atomic E-state index is 0.751. The summed E-state index contributed by atoms with van der Waals surface area (Å²) in [4.78, 5) is 6.52. The number of pyridine rings is 1. The Labute approximate surface area is 97.9 Å². The van der Waals surface area contributed by atoms with E-state index in [-0.39, 0.29) is 0 Å². The first-order valence-corrected chi connectivity index (χ1v) is 6.05. The molecule has 0 aromatic carbocycles. The van der Waals surface area contributed by atoms with E-state index in [0.717, 1.165) is 25.0 Å². The second kappa shape index (κ2) is 5.41. The first kappa shape index (κ1) is 11.6. The molecule has 1 aliphatic carbocycles. The standard InChI is InChI=1S/C13H21N3/c1-14-9-12-3-4-13(12)16(2)10-11-5-7-15-8-6-11/h5-8,12-14H,3-4,9-10H2,1-2H3. The van der Waals surface area contributed by atoms with E-state index in [2.05, 4.69) is 34.4 Å². The van der Waals surface area contributed by atoms with E-state index in [4.69, 9.17) is 0 Å². The number of aromatic nitrogens is 1. The molecule has 1 aliphatic rings. The fourth-order valence-corrected chi connectivity index (χ4v) is 2.53. The van der Waals surface area contributed by atoms with E-state index >= 15 is 0 Å². The zero-order valence-corrected chi connectivity index (χ0v) is 10.2. The molecule has 2 atom stereocenters. The van der Waals surface area contributed by atoms with Crippen LogP contribution in [0.4, 0.5) is 0 Å². The number of hydrogen-bond acceptors (Lipinski definition) is 3. The van der Waals surface area contributed by atoms with Crippen molar-refractivity contribution in [2.75, 3.05) is 20.6 Å². The molecule has 2 rings (SSSR count). The molecule has 88 valence electrons. The summed E-state index contributed by atoms with van der Waals surface area (Å²) < 4.78 is 0. The lowest BCUT2D eigenvalue weighted by Crippen LogP contribution is -2.48. The summed E-state index contributed by atoms with van der Waals surface area (Å²) in [5.41, 5.74) is 1.35. The summed E-state index contributed by atoms with van der Waals surface area (Å²) in [5, 5.41) is 3.28. The molecule has 0 amide bonds. The summed E-state index contributed by atoms with van der Waals surface area (Å²) in [5.74, 6) is 0.830. The first-order chi connectivity index (χ1) is 7.81. The summed E-state index contributed by atoms with van der Waals surface area (Å²) in [6.45, 7) is 2.18. The largest absolute Gasteiger partial charge is 0.319 e. The van der Waals surface area contributed by atoms with E-state index < -0.39 is 0 Å². The van der Waals surface area contributed by atoms with Crippen molar-refractivity contribution in [3.8, 4) is 0 Å². The summed E-state index contributed by atoms with van der Waals surface area (Å²) in [7, 11) is 4.27. The van der Waals surface area contributed by atoms with Crippen LogP contribution in [0.5, 0.6) is 0 Å². The van der Waals surface area contributed by atoms with Gasteiger partial charge < -0.3 is 5.32 Å². The van der Waals surface area contributed by atoms with Crippen LogP contribution < -0.4 is 5.32 Å². The van der Waals surface area contributed by atoms with Crippen LogP contribution in [0.3, 0.4) is 0 Å². The highest BCUT2D eigenvalue weighted by Crippen LogP contribution is 2.31. The first-order valence-electron chi connectivity index (χ1n) is 6.05. The molecule has 1 N–H and O–H groups in total. The molecule has 0 bridgehead atoms. The van der Waals surface area contributed by atoms with E-state index in [1.54, 1.807) is 0 Å². The highest BCUT2D eigenvalue weighted by atomic mass is 15.1. The lowest BCUT2D eigenvalue weighted by Gasteiger charge is -2.42. The zero-order chi connectivity index (χ0) is 11.4. The lowest BCUT2D eigenvalue weighted by atomic mass is 9.78. The molecule has 16 heavy (non-hydrogen) atoms. The molecule has 0 saturated heterocycles. The topological polar surface area (TPSA) is 28.2 Å². The smallest absolute Gasteiger partial charge is 0.0271 e. The van der Waals surface area contributed by atoms with Gasteiger partial charge in [-0.1, -0.05) is 0 Å². The van der Waals surface area contributed by atoms with Crippen molar-refractivity contribution in [3.05, 3.63) is 30.1 Å². The third kappa shape index (κ3) is 2.60. The molecule has 3 nitrogen and oxygen atoms in total. The van der Waals surface area contributed by atoms with Crippen LogP contribution >= 0.6 is 0 Å². The molecular formula is C13H21N3. The van der Waals surface area contributed by atoms with Crippen LogP contribution in [0.2, 0.25) is 0 Å². The molecule has 1 saturated carbocycles. The van der Waals surface area contributed by atoms with Gasteiger partial charge in [0.25, 0.3) is 0 Å². The average Bonchev–Trinajstić information content (AvgIpc) is 2.25. The Morgan fingerprint density at radius 1 is 1.38 bits per heavy atom. The van der Waals surface area contributed by atoms with Gasteiger partial charge in [-0.3, -0.25) is 9.88 Å². The average molecular weight is 219 g/mol. The summed E-state index contributed by atoms with van der Waals surface area (Å²) in [6.07, 6.45) is 6.45. The fraction of sp³-hybridized carbons (Fsp3) is 0.615. The predicted octanol–water partition coefficient (Wildman–Crippen LogP) is 1.51. The van der Waals surface area contributed by atoms with Gasteiger partial charge in [-0.25, -0.2) is 0 Å². The minimum Gasteiger partial charge on any atom is -0.319 e. The molecule has 2 unspecified atom stereocenters. The van der Waals surface area contributed by atoms with Crippen LogP contribution in [0.15, 0.2) is 24.5 Å². The molecule has 0 spiro atoms. The Bertz CT molecular complexity index is 312. The molecule has 1 aromatic rings. The minimum atomic E-state index is 0.751.